The lowest BCUT2D eigenvalue weighted by atomic mass is 10.0. The van der Waals surface area contributed by atoms with Gasteiger partial charge in [0.1, 0.15) is 35.1 Å². The number of ketones is 3. The lowest BCUT2D eigenvalue weighted by Crippen LogP contribution is -2.30. The van der Waals surface area contributed by atoms with E-state index in [1.54, 1.807) is 55.4 Å². The monoisotopic (exact) mass is 690 g/mol. The van der Waals surface area contributed by atoms with Crippen LogP contribution in [0, 0.1) is 33.6 Å². The van der Waals surface area contributed by atoms with Gasteiger partial charge in [-0.15, -0.1) is 0 Å². The predicted molar refractivity (Wildman–Crippen MR) is 174 cm³/mol. The van der Waals surface area contributed by atoms with Gasteiger partial charge in [0, 0.05) is 0 Å². The Balaban J connectivity index is 0. The molecule has 0 aliphatic carbocycles. The fourth-order valence-corrected chi connectivity index (χ4v) is 3.68. The van der Waals surface area contributed by atoms with Crippen molar-refractivity contribution in [2.75, 3.05) is 26.9 Å². The van der Waals surface area contributed by atoms with Crippen molar-refractivity contribution in [2.24, 2.45) is 5.92 Å². The van der Waals surface area contributed by atoms with Gasteiger partial charge in [-0.1, -0.05) is 0 Å². The van der Waals surface area contributed by atoms with Crippen LogP contribution in [0.25, 0.3) is 0 Å². The topological polar surface area (TPSA) is 228 Å². The molecule has 2 heterocycles. The van der Waals surface area contributed by atoms with Crippen molar-refractivity contribution in [3.05, 3.63) is 57.9 Å². The number of nitrogens with zero attached hydrogens (tertiary/aromatic N) is 4. The number of aromatic nitrogens is 4. The van der Waals surface area contributed by atoms with Crippen LogP contribution >= 0.6 is 0 Å². The van der Waals surface area contributed by atoms with Gasteiger partial charge in [-0.25, -0.2) is 34.3 Å². The lowest BCUT2D eigenvalue weighted by molar-refractivity contribution is -0.154. The second-order valence-corrected chi connectivity index (χ2v) is 9.68. The smallest absolute Gasteiger partial charge is 0.345 e. The van der Waals surface area contributed by atoms with Crippen LogP contribution in [0.3, 0.4) is 0 Å². The number of aryl methyl sites for hydroxylation is 4. The zero-order chi connectivity index (χ0) is 38.4. The Morgan fingerprint density at radius 3 is 1.33 bits per heavy atom. The van der Waals surface area contributed by atoms with Crippen LogP contribution in [-0.2, 0) is 42.9 Å². The van der Waals surface area contributed by atoms with Crippen LogP contribution in [0.2, 0.25) is 0 Å². The Kier molecular flexibility index (Phi) is 22.2. The molecule has 0 atom stereocenters. The van der Waals surface area contributed by atoms with E-state index in [-0.39, 0.29) is 41.9 Å². The van der Waals surface area contributed by atoms with Gasteiger partial charge < -0.3 is 24.1 Å². The van der Waals surface area contributed by atoms with Gasteiger partial charge in [0.25, 0.3) is 0 Å². The Labute approximate surface area is 285 Å². The number of Topliss-reactive ketones (excluding diaryl/α,β-unsaturated/α-hetero) is 3. The quantitative estimate of drug-likeness (QED) is 0.0888. The molecule has 270 valence electrons. The summed E-state index contributed by atoms with van der Waals surface area (Å²) >= 11 is 0. The molecule has 1 N–H and O–H groups in total. The van der Waals surface area contributed by atoms with E-state index >= 15 is 0 Å². The molecule has 0 saturated carbocycles. The molecule has 0 aromatic carbocycles. The highest BCUT2D eigenvalue weighted by atomic mass is 16.5. The third-order valence-corrected chi connectivity index (χ3v) is 5.97. The number of allylic oxidation sites excluding steroid dienone is 1. The minimum atomic E-state index is -1.23. The number of esters is 3. The van der Waals surface area contributed by atoms with E-state index in [4.69, 9.17) is 19.3 Å². The number of hydrogen-bond donors (Lipinski definition) is 1. The first-order valence-corrected chi connectivity index (χ1v) is 14.9. The fraction of sp³-hybridized carbons (Fsp3) is 0.485. The van der Waals surface area contributed by atoms with E-state index in [1.807, 2.05) is 0 Å². The minimum absolute atomic E-state index is 0.0237. The van der Waals surface area contributed by atoms with Gasteiger partial charge >= 0.3 is 23.9 Å². The third-order valence-electron chi connectivity index (χ3n) is 5.97. The van der Waals surface area contributed by atoms with Crippen molar-refractivity contribution < 1.29 is 57.6 Å². The summed E-state index contributed by atoms with van der Waals surface area (Å²) in [5.74, 6) is -4.94. The molecule has 2 aromatic rings. The van der Waals surface area contributed by atoms with Crippen molar-refractivity contribution in [3.8, 4) is 0 Å². The first-order chi connectivity index (χ1) is 22.8. The standard InChI is InChI=1S/C9H12N2O2.C9H14O4.C8H12O4.C7H8N2O2/c1-4-13-9(12)8-6(2)10-5-11-7(8)3;1-5-13-9(11)8(6(2)10)7(3)12-4;1-4-12-8(11)7(5(2)9)6(3)10;1-4-6(7(10)11)5(2)9-3-8-4/h5H,4H2,1-3H3;5H2,1-4H3;7H,4H2,1-3H3;3H,1-2H3,(H,10,11). The van der Waals surface area contributed by atoms with Crippen LogP contribution in [0.5, 0.6) is 0 Å². The lowest BCUT2D eigenvalue weighted by Gasteiger charge is -2.07. The van der Waals surface area contributed by atoms with Gasteiger partial charge in [0.15, 0.2) is 23.3 Å². The molecule has 0 bridgehead atoms. The van der Waals surface area contributed by atoms with Crippen LogP contribution in [0.1, 0.15) is 92.0 Å². The normalized spacial score (nSPS) is 10.2. The van der Waals surface area contributed by atoms with E-state index in [0.717, 1.165) is 0 Å². The second-order valence-electron chi connectivity index (χ2n) is 9.68. The third kappa shape index (κ3) is 16.3. The Morgan fingerprint density at radius 1 is 0.653 bits per heavy atom. The molecule has 2 aromatic heterocycles. The number of carbonyl (C=O) groups is 7. The van der Waals surface area contributed by atoms with Gasteiger partial charge in [0.05, 0.1) is 49.7 Å². The largest absolute Gasteiger partial charge is 0.500 e. The Bertz CT molecular complexity index is 1460. The average Bonchev–Trinajstić information content (AvgIpc) is 2.97. The first-order valence-electron chi connectivity index (χ1n) is 14.9. The van der Waals surface area contributed by atoms with E-state index < -0.39 is 35.4 Å². The maximum atomic E-state index is 11.4. The maximum absolute atomic E-state index is 11.4. The van der Waals surface area contributed by atoms with E-state index in [1.165, 1.54) is 40.5 Å². The van der Waals surface area contributed by atoms with E-state index in [0.29, 0.717) is 34.9 Å². The number of rotatable bonds is 11. The highest BCUT2D eigenvalue weighted by Gasteiger charge is 2.29. The SMILES string of the molecule is CCOC(=O)C(C(C)=O)=C(C)OC.CCOC(=O)C(C(C)=O)C(C)=O.CCOC(=O)c1c(C)ncnc1C.Cc1ncnc(C)c1C(=O)O. The minimum Gasteiger partial charge on any atom is -0.500 e. The van der Waals surface area contributed by atoms with Gasteiger partial charge in [0.2, 0.25) is 0 Å². The molecule has 16 nitrogen and oxygen atoms in total. The molecule has 49 heavy (non-hydrogen) atoms. The molecule has 0 amide bonds. The molecule has 16 heteroatoms. The number of aromatic carboxylic acids is 1. The zero-order valence-electron chi connectivity index (χ0n) is 30.1. The molecule has 0 spiro atoms. The Morgan fingerprint density at radius 2 is 1.04 bits per heavy atom. The predicted octanol–water partition coefficient (Wildman–Crippen LogP) is 3.46. The van der Waals surface area contributed by atoms with Crippen LogP contribution < -0.4 is 0 Å². The van der Waals surface area contributed by atoms with Gasteiger partial charge in [-0.3, -0.25) is 19.2 Å². The van der Waals surface area contributed by atoms with Crippen molar-refractivity contribution in [3.63, 3.8) is 0 Å². The van der Waals surface area contributed by atoms with Crippen LogP contribution in [-0.4, -0.2) is 93.2 Å². The average molecular weight is 691 g/mol. The molecule has 0 aliphatic heterocycles. The molecule has 0 saturated heterocycles. The summed E-state index contributed by atoms with van der Waals surface area (Å²) in [6, 6.07) is 0. The second kappa shape index (κ2) is 23.8. The van der Waals surface area contributed by atoms with Crippen LogP contribution in [0.15, 0.2) is 24.0 Å². The number of carboxylic acid groups (broad SMARTS) is 1. The summed E-state index contributed by atoms with van der Waals surface area (Å²) in [5, 5.41) is 8.67. The number of ether oxygens (including phenoxy) is 4. The number of carbonyl (C=O) groups excluding carboxylic acids is 6. The van der Waals surface area contributed by atoms with Crippen molar-refractivity contribution in [1.82, 2.24) is 19.9 Å². The van der Waals surface area contributed by atoms with E-state index in [9.17, 15) is 33.6 Å². The first kappa shape index (κ1) is 45.7. The highest BCUT2D eigenvalue weighted by Crippen LogP contribution is 2.10. The summed E-state index contributed by atoms with van der Waals surface area (Å²) in [4.78, 5) is 92.1. The Hall–Kier alpha value is -5.41. The van der Waals surface area contributed by atoms with Gasteiger partial charge in [-0.2, -0.15) is 0 Å². The summed E-state index contributed by atoms with van der Waals surface area (Å²) in [5.41, 5.74) is 2.98. The molecular weight excluding hydrogens is 644 g/mol. The number of carboxylic acids is 1. The summed E-state index contributed by atoms with van der Waals surface area (Å²) in [6.45, 7) is 17.9. The van der Waals surface area contributed by atoms with Crippen molar-refractivity contribution >= 4 is 41.2 Å². The number of hydrogen-bond acceptors (Lipinski definition) is 15. The van der Waals surface area contributed by atoms with Crippen molar-refractivity contribution in [1.29, 1.82) is 0 Å². The molecule has 0 aliphatic rings. The fourth-order valence-electron chi connectivity index (χ4n) is 3.68. The molecular formula is C33H46N4O12. The van der Waals surface area contributed by atoms with E-state index in [2.05, 4.69) is 24.7 Å². The highest BCUT2D eigenvalue weighted by molar-refractivity contribution is 6.17. The summed E-state index contributed by atoms with van der Waals surface area (Å²) in [6.07, 6.45) is 2.80. The number of methoxy groups -OCH3 is 1. The maximum Gasteiger partial charge on any atom is 0.345 e. The zero-order valence-corrected chi connectivity index (χ0v) is 30.1. The van der Waals surface area contributed by atoms with Gasteiger partial charge in [-0.05, 0) is 76.2 Å². The summed E-state index contributed by atoms with van der Waals surface area (Å²) in [7, 11) is 1.40. The van der Waals surface area contributed by atoms with Crippen LogP contribution in [0.4, 0.5) is 0 Å². The molecule has 0 radical (unpaired) electrons. The molecule has 0 unspecified atom stereocenters. The molecule has 0 fully saturated rings. The summed E-state index contributed by atoms with van der Waals surface area (Å²) < 4.78 is 18.9. The molecule has 2 rings (SSSR count). The van der Waals surface area contributed by atoms with Crippen molar-refractivity contribution in [2.45, 2.75) is 76.2 Å².